The van der Waals surface area contributed by atoms with E-state index in [2.05, 4.69) is 10.1 Å². The Morgan fingerprint density at radius 2 is 1.90 bits per heavy atom. The van der Waals surface area contributed by atoms with Gasteiger partial charge in [-0.3, -0.25) is 9.69 Å². The highest BCUT2D eigenvalue weighted by Gasteiger charge is 2.32. The molecule has 0 aliphatic carbocycles. The molecule has 1 fully saturated rings. The first-order valence-electron chi connectivity index (χ1n) is 8.65. The van der Waals surface area contributed by atoms with Crippen LogP contribution in [-0.4, -0.2) is 31.3 Å². The summed E-state index contributed by atoms with van der Waals surface area (Å²) in [6.07, 6.45) is 1.55. The number of carbonyl (C=O) groups excluding carboxylic acids is 1. The van der Waals surface area contributed by atoms with Crippen molar-refractivity contribution in [2.24, 2.45) is 0 Å². The Morgan fingerprint density at radius 1 is 1.17 bits per heavy atom. The zero-order valence-electron chi connectivity index (χ0n) is 15.6. The standard InChI is InChI=1S/C20H18F2N2O4S/c1-3-27-14-7-5-13(6-8-14)24-18(25)15(23-20(24)29)10-12-4-9-16(28-19(21)22)17(11-12)26-2/h4-11,19H,3H2,1-2H3,(H,23,29)/b15-10+. The molecule has 2 aromatic rings. The van der Waals surface area contributed by atoms with Crippen molar-refractivity contribution in [3.05, 3.63) is 53.7 Å². The third kappa shape index (κ3) is 4.62. The zero-order chi connectivity index (χ0) is 21.0. The molecule has 152 valence electrons. The molecular weight excluding hydrogens is 402 g/mol. The van der Waals surface area contributed by atoms with Gasteiger partial charge in [0.25, 0.3) is 5.91 Å². The van der Waals surface area contributed by atoms with Crippen LogP contribution < -0.4 is 24.4 Å². The van der Waals surface area contributed by atoms with E-state index in [0.29, 0.717) is 23.6 Å². The summed E-state index contributed by atoms with van der Waals surface area (Å²) in [4.78, 5) is 14.2. The van der Waals surface area contributed by atoms with Crippen molar-refractivity contribution in [3.8, 4) is 17.2 Å². The van der Waals surface area contributed by atoms with Gasteiger partial charge in [-0.15, -0.1) is 0 Å². The number of thiocarbonyl (C=S) groups is 1. The molecule has 0 saturated carbocycles. The van der Waals surface area contributed by atoms with Crippen LogP contribution in [0.3, 0.4) is 0 Å². The second-order valence-electron chi connectivity index (χ2n) is 5.84. The topological polar surface area (TPSA) is 60.0 Å². The number of amides is 1. The highest BCUT2D eigenvalue weighted by Crippen LogP contribution is 2.31. The molecule has 0 spiro atoms. The maximum atomic E-state index is 12.8. The van der Waals surface area contributed by atoms with Crippen LogP contribution in [0.5, 0.6) is 17.2 Å². The van der Waals surface area contributed by atoms with Crippen LogP contribution in [0, 0.1) is 0 Å². The normalized spacial score (nSPS) is 15.1. The van der Waals surface area contributed by atoms with E-state index < -0.39 is 6.61 Å². The van der Waals surface area contributed by atoms with Crippen LogP contribution in [0.4, 0.5) is 14.5 Å². The van der Waals surface area contributed by atoms with Crippen molar-refractivity contribution < 1.29 is 27.8 Å². The van der Waals surface area contributed by atoms with Crippen LogP contribution in [0.15, 0.2) is 48.2 Å². The zero-order valence-corrected chi connectivity index (χ0v) is 16.5. The van der Waals surface area contributed by atoms with E-state index in [1.807, 2.05) is 6.92 Å². The molecule has 0 unspecified atom stereocenters. The fourth-order valence-corrected chi connectivity index (χ4v) is 3.06. The molecule has 1 heterocycles. The van der Waals surface area contributed by atoms with Gasteiger partial charge in [0.15, 0.2) is 16.6 Å². The average molecular weight is 420 g/mol. The Morgan fingerprint density at radius 3 is 2.52 bits per heavy atom. The summed E-state index contributed by atoms with van der Waals surface area (Å²) in [5.74, 6) is 0.375. The molecule has 1 amide bonds. The van der Waals surface area contributed by atoms with Crippen molar-refractivity contribution in [2.45, 2.75) is 13.5 Å². The Bertz CT molecular complexity index is 948. The highest BCUT2D eigenvalue weighted by atomic mass is 32.1. The summed E-state index contributed by atoms with van der Waals surface area (Å²) in [6, 6.07) is 11.3. The summed E-state index contributed by atoms with van der Waals surface area (Å²) in [5, 5.41) is 3.10. The first kappa shape index (κ1) is 20.5. The SMILES string of the molecule is CCOc1ccc(N2C(=O)/C(=C\c3ccc(OC(F)F)c(OC)c3)NC2=S)cc1. The first-order valence-corrected chi connectivity index (χ1v) is 9.06. The molecule has 0 atom stereocenters. The predicted molar refractivity (Wildman–Crippen MR) is 108 cm³/mol. The molecule has 0 radical (unpaired) electrons. The number of carbonyl (C=O) groups is 1. The Kier molecular flexibility index (Phi) is 6.28. The molecule has 3 rings (SSSR count). The van der Waals surface area contributed by atoms with Gasteiger partial charge in [0.1, 0.15) is 11.4 Å². The van der Waals surface area contributed by atoms with Crippen molar-refractivity contribution in [1.82, 2.24) is 5.32 Å². The number of benzene rings is 2. The smallest absolute Gasteiger partial charge is 0.387 e. The second-order valence-corrected chi connectivity index (χ2v) is 6.23. The molecule has 29 heavy (non-hydrogen) atoms. The predicted octanol–water partition coefficient (Wildman–Crippen LogP) is 3.96. The number of nitrogens with zero attached hydrogens (tertiary/aromatic N) is 1. The lowest BCUT2D eigenvalue weighted by atomic mass is 10.1. The number of hydrogen-bond acceptors (Lipinski definition) is 5. The lowest BCUT2D eigenvalue weighted by Crippen LogP contribution is -2.30. The minimum atomic E-state index is -2.97. The summed E-state index contributed by atoms with van der Waals surface area (Å²) >= 11 is 5.29. The fourth-order valence-electron chi connectivity index (χ4n) is 2.76. The summed E-state index contributed by atoms with van der Waals surface area (Å²) in [5.41, 5.74) is 1.39. The third-order valence-corrected chi connectivity index (χ3v) is 4.28. The van der Waals surface area contributed by atoms with Crippen molar-refractivity contribution in [1.29, 1.82) is 0 Å². The van der Waals surface area contributed by atoms with Gasteiger partial charge >= 0.3 is 6.61 Å². The van der Waals surface area contributed by atoms with E-state index in [1.54, 1.807) is 30.3 Å². The number of anilines is 1. The van der Waals surface area contributed by atoms with E-state index in [0.717, 1.165) is 0 Å². The molecule has 6 nitrogen and oxygen atoms in total. The lowest BCUT2D eigenvalue weighted by molar-refractivity contribution is -0.113. The number of halogens is 2. The number of rotatable bonds is 7. The van der Waals surface area contributed by atoms with Crippen molar-refractivity contribution in [2.75, 3.05) is 18.6 Å². The molecule has 2 aromatic carbocycles. The van der Waals surface area contributed by atoms with E-state index in [1.165, 1.54) is 30.2 Å². The van der Waals surface area contributed by atoms with Crippen LogP contribution in [0.2, 0.25) is 0 Å². The van der Waals surface area contributed by atoms with E-state index in [4.69, 9.17) is 21.7 Å². The number of nitrogens with one attached hydrogen (secondary N) is 1. The maximum absolute atomic E-state index is 12.8. The van der Waals surface area contributed by atoms with Gasteiger partial charge in [-0.05, 0) is 67.2 Å². The maximum Gasteiger partial charge on any atom is 0.387 e. The fraction of sp³-hybridized carbons (Fsp3) is 0.200. The van der Waals surface area contributed by atoms with Crippen LogP contribution in [-0.2, 0) is 4.79 Å². The minimum Gasteiger partial charge on any atom is -0.494 e. The van der Waals surface area contributed by atoms with Crippen LogP contribution in [0.1, 0.15) is 12.5 Å². The number of ether oxygens (including phenoxy) is 3. The molecule has 1 aliphatic heterocycles. The van der Waals surface area contributed by atoms with E-state index in [-0.39, 0.29) is 28.2 Å². The third-order valence-electron chi connectivity index (χ3n) is 4.00. The summed E-state index contributed by atoms with van der Waals surface area (Å²) in [7, 11) is 1.34. The second kappa shape index (κ2) is 8.87. The average Bonchev–Trinajstić information content (AvgIpc) is 2.97. The van der Waals surface area contributed by atoms with Gasteiger partial charge in [0.05, 0.1) is 19.4 Å². The van der Waals surface area contributed by atoms with Gasteiger partial charge < -0.3 is 19.5 Å². The van der Waals surface area contributed by atoms with Crippen molar-refractivity contribution in [3.63, 3.8) is 0 Å². The summed E-state index contributed by atoms with van der Waals surface area (Å²) in [6.45, 7) is -0.541. The quantitative estimate of drug-likeness (QED) is 0.541. The highest BCUT2D eigenvalue weighted by molar-refractivity contribution is 7.80. The Labute approximate surface area is 171 Å². The summed E-state index contributed by atoms with van der Waals surface area (Å²) < 4.78 is 39.8. The van der Waals surface area contributed by atoms with Crippen LogP contribution in [0.25, 0.3) is 6.08 Å². The minimum absolute atomic E-state index is 0.0955. The number of methoxy groups -OCH3 is 1. The van der Waals surface area contributed by atoms with Gasteiger partial charge in [-0.1, -0.05) is 6.07 Å². The first-order chi connectivity index (χ1) is 13.9. The monoisotopic (exact) mass is 420 g/mol. The Balaban J connectivity index is 1.84. The molecule has 1 saturated heterocycles. The van der Waals surface area contributed by atoms with Gasteiger partial charge in [0, 0.05) is 0 Å². The Hall–Kier alpha value is -3.20. The molecule has 1 N–H and O–H groups in total. The van der Waals surface area contributed by atoms with Crippen LogP contribution >= 0.6 is 12.2 Å². The van der Waals surface area contributed by atoms with Crippen molar-refractivity contribution >= 4 is 35.0 Å². The molecule has 9 heteroatoms. The molecular formula is C20H18F2N2O4S. The molecule has 0 aromatic heterocycles. The van der Waals surface area contributed by atoms with E-state index in [9.17, 15) is 13.6 Å². The largest absolute Gasteiger partial charge is 0.494 e. The lowest BCUT2D eigenvalue weighted by Gasteiger charge is -2.14. The van der Waals surface area contributed by atoms with Gasteiger partial charge in [-0.25, -0.2) is 0 Å². The molecule has 0 bridgehead atoms. The molecule has 1 aliphatic rings. The number of hydrogen-bond donors (Lipinski definition) is 1. The van der Waals surface area contributed by atoms with E-state index >= 15 is 0 Å². The number of alkyl halides is 2. The van der Waals surface area contributed by atoms with Gasteiger partial charge in [0.2, 0.25) is 0 Å². The van der Waals surface area contributed by atoms with Gasteiger partial charge in [-0.2, -0.15) is 8.78 Å².